The summed E-state index contributed by atoms with van der Waals surface area (Å²) in [7, 11) is 1.61. The van der Waals surface area contributed by atoms with Gasteiger partial charge in [0.05, 0.1) is 7.11 Å². The molecule has 1 fully saturated rings. The van der Waals surface area contributed by atoms with Crippen molar-refractivity contribution in [1.82, 2.24) is 5.32 Å². The number of amides is 1. The first-order valence-corrected chi connectivity index (χ1v) is 6.65. The second-order valence-electron chi connectivity index (χ2n) is 5.07. The van der Waals surface area contributed by atoms with Crippen LogP contribution in [0.25, 0.3) is 0 Å². The van der Waals surface area contributed by atoms with Crippen LogP contribution in [0, 0.1) is 5.92 Å². The summed E-state index contributed by atoms with van der Waals surface area (Å²) in [5.41, 5.74) is 0.673. The number of methoxy groups -OCH3 is 1. The van der Waals surface area contributed by atoms with Crippen LogP contribution >= 0.6 is 0 Å². The minimum Gasteiger partial charge on any atom is -0.497 e. The van der Waals surface area contributed by atoms with Gasteiger partial charge >= 0.3 is 0 Å². The van der Waals surface area contributed by atoms with Crippen molar-refractivity contribution in [3.05, 3.63) is 29.8 Å². The molecule has 0 spiro atoms. The van der Waals surface area contributed by atoms with E-state index < -0.39 is 0 Å². The number of hydrogen-bond donors (Lipinski definition) is 1. The van der Waals surface area contributed by atoms with Crippen molar-refractivity contribution in [2.24, 2.45) is 5.92 Å². The van der Waals surface area contributed by atoms with Crippen LogP contribution < -0.4 is 10.1 Å². The van der Waals surface area contributed by atoms with Gasteiger partial charge in [-0.25, -0.2) is 0 Å². The minimum atomic E-state index is 0.00708. The maximum Gasteiger partial charge on any atom is 0.251 e. The molecule has 1 N–H and O–H groups in total. The van der Waals surface area contributed by atoms with Gasteiger partial charge < -0.3 is 10.1 Å². The van der Waals surface area contributed by atoms with Crippen LogP contribution in [-0.2, 0) is 0 Å². The van der Waals surface area contributed by atoms with E-state index in [2.05, 4.69) is 12.2 Å². The Morgan fingerprint density at radius 1 is 1.33 bits per heavy atom. The number of carbonyl (C=O) groups is 1. The Morgan fingerprint density at radius 2 is 2.11 bits per heavy atom. The predicted octanol–water partition coefficient (Wildman–Crippen LogP) is 3.00. The standard InChI is InChI=1S/C15H21NO2/c1-11-6-3-4-9-14(11)16-15(17)12-7-5-8-13(10-12)18-2/h5,7-8,10-11,14H,3-4,6,9H2,1-2H3,(H,16,17)/t11-,14-/m0/s1. The summed E-state index contributed by atoms with van der Waals surface area (Å²) in [4.78, 5) is 12.2. The second-order valence-corrected chi connectivity index (χ2v) is 5.07. The van der Waals surface area contributed by atoms with E-state index in [1.54, 1.807) is 13.2 Å². The minimum absolute atomic E-state index is 0.00708. The molecule has 3 heteroatoms. The van der Waals surface area contributed by atoms with Crippen LogP contribution in [-0.4, -0.2) is 19.1 Å². The number of ether oxygens (including phenoxy) is 1. The van der Waals surface area contributed by atoms with E-state index >= 15 is 0 Å². The normalized spacial score (nSPS) is 23.4. The summed E-state index contributed by atoms with van der Waals surface area (Å²) < 4.78 is 5.14. The largest absolute Gasteiger partial charge is 0.497 e. The summed E-state index contributed by atoms with van der Waals surface area (Å²) >= 11 is 0. The van der Waals surface area contributed by atoms with Crippen molar-refractivity contribution in [3.63, 3.8) is 0 Å². The molecule has 0 unspecified atom stereocenters. The fourth-order valence-electron chi connectivity index (χ4n) is 2.55. The van der Waals surface area contributed by atoms with Gasteiger partial charge in [-0.1, -0.05) is 25.8 Å². The first-order valence-electron chi connectivity index (χ1n) is 6.65. The topological polar surface area (TPSA) is 38.3 Å². The van der Waals surface area contributed by atoms with E-state index in [1.807, 2.05) is 18.2 Å². The maximum absolute atomic E-state index is 12.2. The molecule has 1 aromatic carbocycles. The summed E-state index contributed by atoms with van der Waals surface area (Å²) in [6.07, 6.45) is 4.81. The highest BCUT2D eigenvalue weighted by atomic mass is 16.5. The molecule has 0 saturated heterocycles. The Labute approximate surface area is 109 Å². The van der Waals surface area contributed by atoms with Gasteiger partial charge in [-0.15, -0.1) is 0 Å². The highest BCUT2D eigenvalue weighted by Gasteiger charge is 2.23. The van der Waals surface area contributed by atoms with E-state index in [0.29, 0.717) is 17.5 Å². The third-order valence-electron chi connectivity index (χ3n) is 3.76. The van der Waals surface area contributed by atoms with Crippen LogP contribution in [0.5, 0.6) is 5.75 Å². The lowest BCUT2D eigenvalue weighted by atomic mass is 9.86. The Balaban J connectivity index is 2.02. The number of benzene rings is 1. The molecule has 0 heterocycles. The molecule has 2 rings (SSSR count). The van der Waals surface area contributed by atoms with Gasteiger partial charge in [0.15, 0.2) is 0 Å². The van der Waals surface area contributed by atoms with Gasteiger partial charge in [0.1, 0.15) is 5.75 Å². The van der Waals surface area contributed by atoms with Crippen molar-refractivity contribution in [2.75, 3.05) is 7.11 Å². The molecule has 1 aliphatic rings. The molecular weight excluding hydrogens is 226 g/mol. The van der Waals surface area contributed by atoms with E-state index in [1.165, 1.54) is 19.3 Å². The molecule has 0 radical (unpaired) electrons. The Kier molecular flexibility index (Phi) is 4.24. The van der Waals surface area contributed by atoms with E-state index in [4.69, 9.17) is 4.74 Å². The molecule has 98 valence electrons. The Morgan fingerprint density at radius 3 is 2.83 bits per heavy atom. The molecule has 1 amide bonds. The van der Waals surface area contributed by atoms with Crippen LogP contribution in [0.15, 0.2) is 24.3 Å². The van der Waals surface area contributed by atoms with E-state index in [0.717, 1.165) is 12.2 Å². The zero-order valence-electron chi connectivity index (χ0n) is 11.1. The SMILES string of the molecule is COc1cccc(C(=O)N[C@H]2CCCC[C@@H]2C)c1. The fraction of sp³-hybridized carbons (Fsp3) is 0.533. The second kappa shape index (κ2) is 5.89. The van der Waals surface area contributed by atoms with Gasteiger partial charge in [-0.05, 0) is 37.0 Å². The smallest absolute Gasteiger partial charge is 0.251 e. The lowest BCUT2D eigenvalue weighted by molar-refractivity contribution is 0.0910. The predicted molar refractivity (Wildman–Crippen MR) is 71.9 cm³/mol. The molecule has 2 atom stereocenters. The molecule has 0 aromatic heterocycles. The van der Waals surface area contributed by atoms with Crippen molar-refractivity contribution in [3.8, 4) is 5.75 Å². The molecule has 1 aliphatic carbocycles. The molecule has 18 heavy (non-hydrogen) atoms. The highest BCUT2D eigenvalue weighted by Crippen LogP contribution is 2.24. The molecule has 3 nitrogen and oxygen atoms in total. The quantitative estimate of drug-likeness (QED) is 0.891. The zero-order chi connectivity index (χ0) is 13.0. The Bertz CT molecular complexity index is 417. The molecule has 0 aliphatic heterocycles. The molecule has 1 aromatic rings. The monoisotopic (exact) mass is 247 g/mol. The summed E-state index contributed by atoms with van der Waals surface area (Å²) in [6.45, 7) is 2.22. The molecular formula is C15H21NO2. The van der Waals surface area contributed by atoms with E-state index in [-0.39, 0.29) is 5.91 Å². The average Bonchev–Trinajstić information content (AvgIpc) is 2.41. The first kappa shape index (κ1) is 12.9. The lowest BCUT2D eigenvalue weighted by Crippen LogP contribution is -2.41. The summed E-state index contributed by atoms with van der Waals surface area (Å²) in [5, 5.41) is 3.14. The van der Waals surface area contributed by atoms with Crippen molar-refractivity contribution in [2.45, 2.75) is 38.6 Å². The average molecular weight is 247 g/mol. The summed E-state index contributed by atoms with van der Waals surface area (Å²) in [5.74, 6) is 1.31. The van der Waals surface area contributed by atoms with Crippen LogP contribution in [0.3, 0.4) is 0 Å². The summed E-state index contributed by atoms with van der Waals surface area (Å²) in [6, 6.07) is 7.61. The van der Waals surface area contributed by atoms with Crippen molar-refractivity contribution < 1.29 is 9.53 Å². The molecule has 1 saturated carbocycles. The van der Waals surface area contributed by atoms with E-state index in [9.17, 15) is 4.79 Å². The van der Waals surface area contributed by atoms with Crippen LogP contribution in [0.2, 0.25) is 0 Å². The number of carbonyl (C=O) groups excluding carboxylic acids is 1. The van der Waals surface area contributed by atoms with Crippen LogP contribution in [0.1, 0.15) is 43.0 Å². The molecule has 0 bridgehead atoms. The van der Waals surface area contributed by atoms with Gasteiger partial charge in [0.25, 0.3) is 5.91 Å². The third-order valence-corrected chi connectivity index (χ3v) is 3.76. The van der Waals surface area contributed by atoms with Gasteiger partial charge in [0, 0.05) is 11.6 Å². The fourth-order valence-corrected chi connectivity index (χ4v) is 2.55. The number of hydrogen-bond acceptors (Lipinski definition) is 2. The number of rotatable bonds is 3. The van der Waals surface area contributed by atoms with Crippen molar-refractivity contribution >= 4 is 5.91 Å². The Hall–Kier alpha value is -1.51. The van der Waals surface area contributed by atoms with Gasteiger partial charge in [-0.2, -0.15) is 0 Å². The number of nitrogens with one attached hydrogen (secondary N) is 1. The highest BCUT2D eigenvalue weighted by molar-refractivity contribution is 5.94. The van der Waals surface area contributed by atoms with Gasteiger partial charge in [0.2, 0.25) is 0 Å². The van der Waals surface area contributed by atoms with Crippen LogP contribution in [0.4, 0.5) is 0 Å². The first-order chi connectivity index (χ1) is 8.70. The van der Waals surface area contributed by atoms with Crippen molar-refractivity contribution in [1.29, 1.82) is 0 Å². The third kappa shape index (κ3) is 3.03. The van der Waals surface area contributed by atoms with Gasteiger partial charge in [-0.3, -0.25) is 4.79 Å². The lowest BCUT2D eigenvalue weighted by Gasteiger charge is -2.29. The zero-order valence-corrected chi connectivity index (χ0v) is 11.1. The maximum atomic E-state index is 12.2.